The smallest absolute Gasteiger partial charge is 0.338 e. The van der Waals surface area contributed by atoms with E-state index in [4.69, 9.17) is 18.9 Å². The summed E-state index contributed by atoms with van der Waals surface area (Å²) in [5, 5.41) is 0. The molecule has 0 aliphatic heterocycles. The number of carbonyl (C=O) groups excluding carboxylic acids is 4. The molecule has 0 bridgehead atoms. The lowest BCUT2D eigenvalue weighted by Crippen LogP contribution is -2.51. The van der Waals surface area contributed by atoms with Crippen LogP contribution in [0.2, 0.25) is 0 Å². The van der Waals surface area contributed by atoms with Gasteiger partial charge in [-0.05, 0) is 71.9 Å². The van der Waals surface area contributed by atoms with E-state index in [1.54, 1.807) is 145 Å². The average Bonchev–Trinajstić information content (AvgIpc) is 3.15. The summed E-state index contributed by atoms with van der Waals surface area (Å²) in [6.45, 7) is 7.85. The molecule has 0 aliphatic rings. The zero-order chi connectivity index (χ0) is 36.6. The Morgan fingerprint density at radius 1 is 0.471 bits per heavy atom. The van der Waals surface area contributed by atoms with E-state index in [0.717, 1.165) is 0 Å². The van der Waals surface area contributed by atoms with Crippen LogP contribution < -0.4 is 0 Å². The number of thioether (sulfide) groups is 2. The maximum Gasteiger partial charge on any atom is 0.338 e. The predicted octanol–water partition coefficient (Wildman–Crippen LogP) is 8.62. The number of carbonyl (C=O) groups is 4. The maximum absolute atomic E-state index is 13.9. The van der Waals surface area contributed by atoms with Gasteiger partial charge in [-0.1, -0.05) is 100 Å². The van der Waals surface area contributed by atoms with Crippen molar-refractivity contribution in [2.75, 3.05) is 18.1 Å². The van der Waals surface area contributed by atoms with Gasteiger partial charge in [-0.3, -0.25) is 0 Å². The molecule has 0 amide bonds. The first-order chi connectivity index (χ1) is 24.6. The zero-order valence-corrected chi connectivity index (χ0v) is 30.8. The van der Waals surface area contributed by atoms with Crippen molar-refractivity contribution in [3.8, 4) is 0 Å². The van der Waals surface area contributed by atoms with Gasteiger partial charge in [0.2, 0.25) is 0 Å². The second kappa shape index (κ2) is 20.3. The monoisotopic (exact) mass is 728 g/mol. The van der Waals surface area contributed by atoms with Crippen molar-refractivity contribution in [1.29, 1.82) is 0 Å². The van der Waals surface area contributed by atoms with Crippen LogP contribution in [0.1, 0.15) is 69.1 Å². The van der Waals surface area contributed by atoms with Crippen LogP contribution in [0, 0.1) is 11.8 Å². The summed E-state index contributed by atoms with van der Waals surface area (Å²) < 4.78 is 24.0. The molecule has 0 spiro atoms. The largest absolute Gasteiger partial charge is 0.458 e. The van der Waals surface area contributed by atoms with E-state index in [9.17, 15) is 19.2 Å². The minimum atomic E-state index is -1.40. The molecular formula is C41H44O8S2. The Morgan fingerprint density at radius 3 is 1.18 bits per heavy atom. The molecule has 0 unspecified atom stereocenters. The lowest BCUT2D eigenvalue weighted by Gasteiger charge is -2.36. The maximum atomic E-state index is 13.9. The summed E-state index contributed by atoms with van der Waals surface area (Å²) in [5.74, 6) is -0.793. The van der Waals surface area contributed by atoms with Crippen molar-refractivity contribution in [3.63, 3.8) is 0 Å². The van der Waals surface area contributed by atoms with E-state index in [-0.39, 0.29) is 28.5 Å². The van der Waals surface area contributed by atoms with Gasteiger partial charge in [0, 0.05) is 0 Å². The summed E-state index contributed by atoms with van der Waals surface area (Å²) in [6.07, 6.45) is -3.93. The highest BCUT2D eigenvalue weighted by Crippen LogP contribution is 2.36. The van der Waals surface area contributed by atoms with Crippen molar-refractivity contribution >= 4 is 47.4 Å². The third-order valence-corrected chi connectivity index (χ3v) is 11.0. The van der Waals surface area contributed by atoms with E-state index in [1.807, 2.05) is 0 Å². The van der Waals surface area contributed by atoms with Gasteiger partial charge in [0.1, 0.15) is 6.61 Å². The van der Waals surface area contributed by atoms with Gasteiger partial charge >= 0.3 is 23.9 Å². The normalized spacial score (nSPS) is 12.9. The second-order valence-corrected chi connectivity index (χ2v) is 15.2. The van der Waals surface area contributed by atoms with Crippen molar-refractivity contribution in [3.05, 3.63) is 144 Å². The first-order valence-electron chi connectivity index (χ1n) is 16.9. The van der Waals surface area contributed by atoms with Crippen LogP contribution in [-0.2, 0) is 18.9 Å². The van der Waals surface area contributed by atoms with E-state index >= 15 is 0 Å². The first-order valence-corrected chi connectivity index (χ1v) is 19.0. The summed E-state index contributed by atoms with van der Waals surface area (Å²) in [6, 6.07) is 33.6. The van der Waals surface area contributed by atoms with Gasteiger partial charge in [0.05, 0.1) is 26.8 Å². The highest BCUT2D eigenvalue weighted by Gasteiger charge is 2.44. The molecule has 0 aliphatic carbocycles. The molecule has 0 N–H and O–H groups in total. The Labute approximate surface area is 308 Å². The SMILES string of the molecule is CC(C)CSC(SCC(C)C)[C@@H](OC(=O)c1ccccc1)[C@@H](OC(=O)c1ccccc1)[C@@H](COC(=O)c1ccccc1)OC(=O)c1ccccc1. The van der Waals surface area contributed by atoms with Gasteiger partial charge in [-0.2, -0.15) is 0 Å². The molecule has 8 nitrogen and oxygen atoms in total. The standard InChI is InChI=1S/C41H44O8S2/c1-28(2)26-50-41(51-27-29(3)4)36(49-40(45)33-23-15-8-16-24-33)35(48-39(44)32-21-13-7-14-22-32)34(47-38(43)31-19-11-6-12-20-31)25-46-37(42)30-17-9-5-10-18-30/h5-24,28-29,34-36,41H,25-27H2,1-4H3/t34-,35+,36+/m1/s1. The Morgan fingerprint density at radius 2 is 0.804 bits per heavy atom. The Hall–Kier alpha value is -4.54. The fraction of sp³-hybridized carbons (Fsp3) is 0.317. The lowest BCUT2D eigenvalue weighted by atomic mass is 10.1. The number of rotatable bonds is 18. The van der Waals surface area contributed by atoms with Crippen LogP contribution in [-0.4, -0.2) is 64.9 Å². The summed E-state index contributed by atoms with van der Waals surface area (Å²) in [5.41, 5.74) is 1.06. The molecule has 0 saturated heterocycles. The van der Waals surface area contributed by atoms with E-state index in [1.165, 1.54) is 0 Å². The summed E-state index contributed by atoms with van der Waals surface area (Å²) in [4.78, 5) is 54.6. The summed E-state index contributed by atoms with van der Waals surface area (Å²) in [7, 11) is 0. The van der Waals surface area contributed by atoms with Crippen molar-refractivity contribution < 1.29 is 38.1 Å². The first kappa shape index (κ1) is 39.2. The quantitative estimate of drug-likeness (QED) is 0.0562. The third-order valence-electron chi connectivity index (χ3n) is 7.31. The van der Waals surface area contributed by atoms with Gasteiger partial charge < -0.3 is 18.9 Å². The Kier molecular flexibility index (Phi) is 15.7. The second-order valence-electron chi connectivity index (χ2n) is 12.6. The van der Waals surface area contributed by atoms with Crippen molar-refractivity contribution in [2.45, 2.75) is 50.6 Å². The van der Waals surface area contributed by atoms with E-state index in [0.29, 0.717) is 17.1 Å². The molecule has 0 heterocycles. The molecule has 10 heteroatoms. The van der Waals surface area contributed by atoms with Crippen LogP contribution in [0.25, 0.3) is 0 Å². The lowest BCUT2D eigenvalue weighted by molar-refractivity contribution is -0.0974. The Bertz CT molecular complexity index is 1660. The van der Waals surface area contributed by atoms with Crippen LogP contribution >= 0.6 is 23.5 Å². The van der Waals surface area contributed by atoms with Crippen molar-refractivity contribution in [2.24, 2.45) is 11.8 Å². The van der Waals surface area contributed by atoms with E-state index < -0.39 is 53.4 Å². The summed E-state index contributed by atoms with van der Waals surface area (Å²) >= 11 is 3.14. The van der Waals surface area contributed by atoms with Gasteiger partial charge in [0.25, 0.3) is 0 Å². The van der Waals surface area contributed by atoms with Gasteiger partial charge in [-0.15, -0.1) is 23.5 Å². The minimum Gasteiger partial charge on any atom is -0.458 e. The highest BCUT2D eigenvalue weighted by molar-refractivity contribution is 8.17. The average molecular weight is 729 g/mol. The molecule has 268 valence electrons. The Balaban J connectivity index is 1.83. The molecular weight excluding hydrogens is 685 g/mol. The van der Waals surface area contributed by atoms with Crippen LogP contribution in [0.5, 0.6) is 0 Å². The molecule has 4 rings (SSSR count). The van der Waals surface area contributed by atoms with Gasteiger partial charge in [-0.25, -0.2) is 19.2 Å². The number of benzene rings is 4. The number of hydrogen-bond donors (Lipinski definition) is 0. The van der Waals surface area contributed by atoms with Crippen LogP contribution in [0.4, 0.5) is 0 Å². The van der Waals surface area contributed by atoms with Crippen molar-refractivity contribution in [1.82, 2.24) is 0 Å². The van der Waals surface area contributed by atoms with Gasteiger partial charge in [0.15, 0.2) is 18.3 Å². The number of hydrogen-bond acceptors (Lipinski definition) is 10. The molecule has 0 aromatic heterocycles. The molecule has 3 atom stereocenters. The predicted molar refractivity (Wildman–Crippen MR) is 202 cm³/mol. The number of ether oxygens (including phenoxy) is 4. The molecule has 0 saturated carbocycles. The zero-order valence-electron chi connectivity index (χ0n) is 29.2. The molecule has 4 aromatic rings. The van der Waals surface area contributed by atoms with Crippen LogP contribution in [0.3, 0.4) is 0 Å². The highest BCUT2D eigenvalue weighted by atomic mass is 32.2. The topological polar surface area (TPSA) is 105 Å². The minimum absolute atomic E-state index is 0.239. The molecule has 0 radical (unpaired) electrons. The molecule has 4 aromatic carbocycles. The van der Waals surface area contributed by atoms with E-state index in [2.05, 4.69) is 27.7 Å². The fourth-order valence-corrected chi connectivity index (χ4v) is 7.57. The number of esters is 4. The third kappa shape index (κ3) is 12.6. The fourth-order valence-electron chi connectivity index (χ4n) is 4.77. The molecule has 0 fully saturated rings. The molecule has 51 heavy (non-hydrogen) atoms. The van der Waals surface area contributed by atoms with Crippen LogP contribution in [0.15, 0.2) is 121 Å².